The van der Waals surface area contributed by atoms with E-state index in [2.05, 4.69) is 11.8 Å². The second-order valence-corrected chi connectivity index (χ2v) is 5.62. The summed E-state index contributed by atoms with van der Waals surface area (Å²) in [5, 5.41) is 0. The van der Waals surface area contributed by atoms with E-state index in [0.717, 1.165) is 23.6 Å². The fourth-order valence-corrected chi connectivity index (χ4v) is 3.42. The molecule has 0 radical (unpaired) electrons. The lowest BCUT2D eigenvalue weighted by atomic mass is 10.0. The predicted octanol–water partition coefficient (Wildman–Crippen LogP) is 2.26. The van der Waals surface area contributed by atoms with E-state index in [0.29, 0.717) is 12.6 Å². The monoisotopic (exact) mass is 254 g/mol. The molecule has 2 nitrogen and oxygen atoms in total. The van der Waals surface area contributed by atoms with Gasteiger partial charge in [-0.05, 0) is 24.6 Å². The van der Waals surface area contributed by atoms with Gasteiger partial charge >= 0.3 is 0 Å². The Kier molecular flexibility index (Phi) is 4.42. The van der Waals surface area contributed by atoms with Gasteiger partial charge in [-0.25, -0.2) is 4.39 Å². The molecule has 0 saturated carbocycles. The molecule has 0 spiro atoms. The molecule has 0 aromatic heterocycles. The van der Waals surface area contributed by atoms with Crippen LogP contribution in [0, 0.1) is 5.82 Å². The van der Waals surface area contributed by atoms with Gasteiger partial charge in [-0.15, -0.1) is 0 Å². The van der Waals surface area contributed by atoms with Gasteiger partial charge in [0, 0.05) is 36.7 Å². The van der Waals surface area contributed by atoms with Crippen molar-refractivity contribution in [3.05, 3.63) is 35.6 Å². The Morgan fingerprint density at radius 3 is 3.06 bits per heavy atom. The van der Waals surface area contributed by atoms with E-state index in [9.17, 15) is 4.39 Å². The molecule has 4 heteroatoms. The van der Waals surface area contributed by atoms with Gasteiger partial charge in [0.25, 0.3) is 0 Å². The Morgan fingerprint density at radius 2 is 2.41 bits per heavy atom. The number of nitrogens with two attached hydrogens (primary N) is 1. The van der Waals surface area contributed by atoms with E-state index >= 15 is 0 Å². The zero-order valence-corrected chi connectivity index (χ0v) is 10.9. The molecule has 17 heavy (non-hydrogen) atoms. The van der Waals surface area contributed by atoms with E-state index in [1.165, 1.54) is 6.07 Å². The predicted molar refractivity (Wildman–Crippen MR) is 71.7 cm³/mol. The zero-order chi connectivity index (χ0) is 12.3. The van der Waals surface area contributed by atoms with Gasteiger partial charge in [-0.3, -0.25) is 4.90 Å². The number of thioether (sulfide) groups is 1. The fourth-order valence-electron chi connectivity index (χ4n) is 2.38. The Morgan fingerprint density at radius 1 is 1.59 bits per heavy atom. The van der Waals surface area contributed by atoms with Gasteiger partial charge in [-0.1, -0.05) is 12.1 Å². The van der Waals surface area contributed by atoms with Crippen molar-refractivity contribution >= 4 is 11.8 Å². The minimum atomic E-state index is -0.181. The van der Waals surface area contributed by atoms with Crippen LogP contribution in [-0.2, 0) is 0 Å². The molecule has 1 aliphatic heterocycles. The summed E-state index contributed by atoms with van der Waals surface area (Å²) >= 11 is 1.98. The van der Waals surface area contributed by atoms with Crippen LogP contribution in [0.15, 0.2) is 24.3 Å². The summed E-state index contributed by atoms with van der Waals surface area (Å²) in [7, 11) is 0. The Bertz CT molecular complexity index is 372. The van der Waals surface area contributed by atoms with Gasteiger partial charge in [-0.2, -0.15) is 11.8 Å². The van der Waals surface area contributed by atoms with Gasteiger partial charge in [0.2, 0.25) is 0 Å². The maximum Gasteiger partial charge on any atom is 0.123 e. The summed E-state index contributed by atoms with van der Waals surface area (Å²) in [6.45, 7) is 3.79. The molecule has 1 aromatic carbocycles. The molecule has 2 rings (SSSR count). The lowest BCUT2D eigenvalue weighted by molar-refractivity contribution is 0.165. The van der Waals surface area contributed by atoms with Crippen LogP contribution in [0.3, 0.4) is 0 Å². The number of nitrogens with zero attached hydrogens (tertiary/aromatic N) is 1. The average molecular weight is 254 g/mol. The highest BCUT2D eigenvalue weighted by Gasteiger charge is 2.26. The van der Waals surface area contributed by atoms with Crippen molar-refractivity contribution in [3.8, 4) is 0 Å². The van der Waals surface area contributed by atoms with Gasteiger partial charge in [0.1, 0.15) is 5.82 Å². The SMILES string of the molecule is CC1CSCCN1C(CN)c1cccc(F)c1. The molecular formula is C13H19FN2S. The highest BCUT2D eigenvalue weighted by molar-refractivity contribution is 7.99. The summed E-state index contributed by atoms with van der Waals surface area (Å²) in [6.07, 6.45) is 0. The molecule has 1 heterocycles. The van der Waals surface area contributed by atoms with Crippen molar-refractivity contribution in [2.24, 2.45) is 5.73 Å². The van der Waals surface area contributed by atoms with Gasteiger partial charge in [0.05, 0.1) is 0 Å². The van der Waals surface area contributed by atoms with Crippen molar-refractivity contribution in [2.75, 3.05) is 24.6 Å². The number of hydrogen-bond donors (Lipinski definition) is 1. The van der Waals surface area contributed by atoms with Crippen molar-refractivity contribution in [2.45, 2.75) is 19.0 Å². The third-order valence-electron chi connectivity index (χ3n) is 3.28. The summed E-state index contributed by atoms with van der Waals surface area (Å²) in [5.41, 5.74) is 6.87. The third-order valence-corrected chi connectivity index (χ3v) is 4.47. The van der Waals surface area contributed by atoms with Crippen molar-refractivity contribution in [3.63, 3.8) is 0 Å². The lowest BCUT2D eigenvalue weighted by Gasteiger charge is -2.39. The summed E-state index contributed by atoms with van der Waals surface area (Å²) in [4.78, 5) is 2.39. The quantitative estimate of drug-likeness (QED) is 0.897. The van der Waals surface area contributed by atoms with Crippen molar-refractivity contribution < 1.29 is 4.39 Å². The first-order chi connectivity index (χ1) is 8.22. The third kappa shape index (κ3) is 3.00. The second kappa shape index (κ2) is 5.85. The Labute approximate surface area is 106 Å². The summed E-state index contributed by atoms with van der Waals surface area (Å²) in [6, 6.07) is 7.46. The number of hydrogen-bond acceptors (Lipinski definition) is 3. The smallest absolute Gasteiger partial charge is 0.123 e. The molecule has 1 aromatic rings. The van der Waals surface area contributed by atoms with Crippen LogP contribution in [0.5, 0.6) is 0 Å². The lowest BCUT2D eigenvalue weighted by Crippen LogP contribution is -2.45. The van der Waals surface area contributed by atoms with Crippen LogP contribution in [0.2, 0.25) is 0 Å². The van der Waals surface area contributed by atoms with Crippen LogP contribution in [-0.4, -0.2) is 35.5 Å². The van der Waals surface area contributed by atoms with Gasteiger partial charge < -0.3 is 5.73 Å². The molecule has 2 unspecified atom stereocenters. The van der Waals surface area contributed by atoms with E-state index in [4.69, 9.17) is 5.73 Å². The molecule has 0 bridgehead atoms. The van der Waals surface area contributed by atoms with Crippen molar-refractivity contribution in [1.82, 2.24) is 4.90 Å². The maximum absolute atomic E-state index is 13.3. The summed E-state index contributed by atoms with van der Waals surface area (Å²) in [5.74, 6) is 2.09. The highest BCUT2D eigenvalue weighted by atomic mass is 32.2. The molecule has 94 valence electrons. The van der Waals surface area contributed by atoms with Crippen LogP contribution in [0.1, 0.15) is 18.5 Å². The molecule has 1 aliphatic rings. The molecule has 1 saturated heterocycles. The Balaban J connectivity index is 2.20. The molecule has 2 N–H and O–H groups in total. The standard InChI is InChI=1S/C13H19FN2S/c1-10-9-17-6-5-16(10)13(8-15)11-3-2-4-12(14)7-11/h2-4,7,10,13H,5-6,8-9,15H2,1H3. The Hall–Kier alpha value is -0.580. The normalized spacial score (nSPS) is 23.6. The maximum atomic E-state index is 13.3. The topological polar surface area (TPSA) is 29.3 Å². The van der Waals surface area contributed by atoms with Crippen LogP contribution in [0.25, 0.3) is 0 Å². The number of benzene rings is 1. The zero-order valence-electron chi connectivity index (χ0n) is 10.1. The molecule has 0 amide bonds. The summed E-state index contributed by atoms with van der Waals surface area (Å²) < 4.78 is 13.3. The number of halogens is 1. The van der Waals surface area contributed by atoms with Crippen LogP contribution in [0.4, 0.5) is 4.39 Å². The highest BCUT2D eigenvalue weighted by Crippen LogP contribution is 2.27. The van der Waals surface area contributed by atoms with E-state index in [1.807, 2.05) is 17.8 Å². The molecule has 0 aliphatic carbocycles. The van der Waals surface area contributed by atoms with E-state index < -0.39 is 0 Å². The molecule has 1 fully saturated rings. The minimum absolute atomic E-state index is 0.140. The molecule has 2 atom stereocenters. The first-order valence-corrected chi connectivity index (χ1v) is 7.17. The van der Waals surface area contributed by atoms with Crippen LogP contribution >= 0.6 is 11.8 Å². The van der Waals surface area contributed by atoms with E-state index in [-0.39, 0.29) is 11.9 Å². The first-order valence-electron chi connectivity index (χ1n) is 6.01. The van der Waals surface area contributed by atoms with Crippen LogP contribution < -0.4 is 5.73 Å². The molecular weight excluding hydrogens is 235 g/mol. The fraction of sp³-hybridized carbons (Fsp3) is 0.538. The number of rotatable bonds is 3. The van der Waals surface area contributed by atoms with E-state index in [1.54, 1.807) is 12.1 Å². The van der Waals surface area contributed by atoms with Gasteiger partial charge in [0.15, 0.2) is 0 Å². The average Bonchev–Trinajstić information content (AvgIpc) is 2.33. The van der Waals surface area contributed by atoms with Crippen molar-refractivity contribution in [1.29, 1.82) is 0 Å². The minimum Gasteiger partial charge on any atom is -0.329 e. The first kappa shape index (κ1) is 12.9. The largest absolute Gasteiger partial charge is 0.329 e. The second-order valence-electron chi connectivity index (χ2n) is 4.47.